The number of aliphatic hydroxyl groups excluding tert-OH is 1. The highest BCUT2D eigenvalue weighted by atomic mass is 32.1. The van der Waals surface area contributed by atoms with E-state index in [2.05, 4.69) is 29.3 Å². The van der Waals surface area contributed by atoms with Gasteiger partial charge in [-0.05, 0) is 43.7 Å². The first kappa shape index (κ1) is 11.1. The summed E-state index contributed by atoms with van der Waals surface area (Å²) >= 11 is 1.83. The van der Waals surface area contributed by atoms with Crippen LogP contribution in [-0.4, -0.2) is 29.7 Å². The van der Waals surface area contributed by atoms with Gasteiger partial charge < -0.3 is 5.11 Å². The topological polar surface area (TPSA) is 23.5 Å². The molecule has 1 fully saturated rings. The van der Waals surface area contributed by atoms with Crippen LogP contribution in [0.3, 0.4) is 0 Å². The maximum Gasteiger partial charge on any atom is 0.0471 e. The molecule has 0 aromatic carbocycles. The fraction of sp³-hybridized carbons (Fsp3) is 0.667. The van der Waals surface area contributed by atoms with E-state index in [0.29, 0.717) is 18.6 Å². The maximum atomic E-state index is 9.20. The summed E-state index contributed by atoms with van der Waals surface area (Å²) in [5.41, 5.74) is 0. The van der Waals surface area contributed by atoms with Gasteiger partial charge in [0.1, 0.15) is 0 Å². The minimum atomic E-state index is 0.341. The van der Waals surface area contributed by atoms with E-state index in [1.54, 1.807) is 0 Å². The lowest BCUT2D eigenvalue weighted by atomic mass is 9.97. The first-order valence-corrected chi connectivity index (χ1v) is 6.57. The van der Waals surface area contributed by atoms with Crippen LogP contribution in [0.25, 0.3) is 0 Å². The Morgan fingerprint density at radius 2 is 2.53 bits per heavy atom. The number of hydrogen-bond donors (Lipinski definition) is 1. The molecule has 84 valence electrons. The standard InChI is InChI=1S/C12H19NOS/c1-10(12-5-3-7-15-12)13-6-2-4-11(8-13)9-14/h3,5,7,10-11,14H,2,4,6,8-9H2,1H3/t10-,11-/m0/s1. The monoisotopic (exact) mass is 225 g/mol. The summed E-state index contributed by atoms with van der Waals surface area (Å²) < 4.78 is 0. The molecule has 3 heteroatoms. The number of rotatable bonds is 3. The van der Waals surface area contributed by atoms with Crippen LogP contribution in [0, 0.1) is 5.92 Å². The average molecular weight is 225 g/mol. The lowest BCUT2D eigenvalue weighted by Gasteiger charge is -2.35. The lowest BCUT2D eigenvalue weighted by molar-refractivity contribution is 0.0947. The third-order valence-corrected chi connectivity index (χ3v) is 4.35. The predicted molar refractivity (Wildman–Crippen MR) is 64.1 cm³/mol. The van der Waals surface area contributed by atoms with E-state index >= 15 is 0 Å². The molecule has 1 aromatic rings. The van der Waals surface area contributed by atoms with E-state index in [4.69, 9.17) is 0 Å². The summed E-state index contributed by atoms with van der Waals surface area (Å²) in [6, 6.07) is 4.83. The van der Waals surface area contributed by atoms with Gasteiger partial charge in [-0.15, -0.1) is 11.3 Å². The van der Waals surface area contributed by atoms with Crippen molar-refractivity contribution >= 4 is 11.3 Å². The van der Waals surface area contributed by atoms with Gasteiger partial charge in [0.05, 0.1) is 0 Å². The van der Waals surface area contributed by atoms with E-state index in [-0.39, 0.29) is 0 Å². The predicted octanol–water partition coefficient (Wildman–Crippen LogP) is 2.51. The summed E-state index contributed by atoms with van der Waals surface area (Å²) in [4.78, 5) is 3.93. The van der Waals surface area contributed by atoms with Crippen LogP contribution in [0.15, 0.2) is 17.5 Å². The molecule has 1 N–H and O–H groups in total. The largest absolute Gasteiger partial charge is 0.396 e. The minimum Gasteiger partial charge on any atom is -0.396 e. The van der Waals surface area contributed by atoms with Gasteiger partial charge in [0, 0.05) is 24.1 Å². The second-order valence-corrected chi connectivity index (χ2v) is 5.36. The highest BCUT2D eigenvalue weighted by Crippen LogP contribution is 2.28. The van der Waals surface area contributed by atoms with Crippen molar-refractivity contribution in [3.8, 4) is 0 Å². The van der Waals surface area contributed by atoms with Gasteiger partial charge in [-0.2, -0.15) is 0 Å². The van der Waals surface area contributed by atoms with E-state index in [0.717, 1.165) is 6.54 Å². The maximum absolute atomic E-state index is 9.20. The SMILES string of the molecule is C[C@@H](c1cccs1)N1CCC[C@H](CO)C1. The highest BCUT2D eigenvalue weighted by molar-refractivity contribution is 7.10. The summed E-state index contributed by atoms with van der Waals surface area (Å²) in [6.45, 7) is 4.84. The molecule has 0 radical (unpaired) electrons. The van der Waals surface area contributed by atoms with Crippen LogP contribution in [0.2, 0.25) is 0 Å². The number of thiophene rings is 1. The van der Waals surface area contributed by atoms with Gasteiger partial charge >= 0.3 is 0 Å². The van der Waals surface area contributed by atoms with Crippen LogP contribution < -0.4 is 0 Å². The van der Waals surface area contributed by atoms with Gasteiger partial charge in [0.2, 0.25) is 0 Å². The van der Waals surface area contributed by atoms with Crippen LogP contribution in [0.1, 0.15) is 30.7 Å². The first-order chi connectivity index (χ1) is 7.31. The Kier molecular flexibility index (Phi) is 3.78. The van der Waals surface area contributed by atoms with Crippen LogP contribution in [0.5, 0.6) is 0 Å². The molecule has 1 aromatic heterocycles. The van der Waals surface area contributed by atoms with Gasteiger partial charge in [-0.1, -0.05) is 6.07 Å². The van der Waals surface area contributed by atoms with Gasteiger partial charge in [-0.25, -0.2) is 0 Å². The van der Waals surface area contributed by atoms with E-state index in [1.807, 2.05) is 11.3 Å². The van der Waals surface area contributed by atoms with Crippen molar-refractivity contribution in [1.29, 1.82) is 0 Å². The van der Waals surface area contributed by atoms with Crippen molar-refractivity contribution in [2.45, 2.75) is 25.8 Å². The highest BCUT2D eigenvalue weighted by Gasteiger charge is 2.24. The van der Waals surface area contributed by atoms with Gasteiger partial charge in [-0.3, -0.25) is 4.90 Å². The molecule has 2 rings (SSSR count). The van der Waals surface area contributed by atoms with Crippen LogP contribution >= 0.6 is 11.3 Å². The fourth-order valence-corrected chi connectivity index (χ4v) is 3.12. The Labute approximate surface area is 95.5 Å². The molecular weight excluding hydrogens is 206 g/mol. The van der Waals surface area contributed by atoms with Crippen molar-refractivity contribution in [1.82, 2.24) is 4.90 Å². The van der Waals surface area contributed by atoms with Gasteiger partial charge in [0.15, 0.2) is 0 Å². The van der Waals surface area contributed by atoms with Crippen molar-refractivity contribution in [3.63, 3.8) is 0 Å². The molecule has 0 bridgehead atoms. The molecule has 0 unspecified atom stereocenters. The number of nitrogens with zero attached hydrogens (tertiary/aromatic N) is 1. The summed E-state index contributed by atoms with van der Waals surface area (Å²) in [5.74, 6) is 0.487. The fourth-order valence-electron chi connectivity index (χ4n) is 2.31. The lowest BCUT2D eigenvalue weighted by Crippen LogP contribution is -2.38. The zero-order valence-electron chi connectivity index (χ0n) is 9.22. The smallest absolute Gasteiger partial charge is 0.0471 e. The molecule has 1 saturated heterocycles. The Hall–Kier alpha value is -0.380. The van der Waals surface area contributed by atoms with E-state index in [1.165, 1.54) is 24.3 Å². The normalized spacial score (nSPS) is 25.3. The van der Waals surface area contributed by atoms with Crippen LogP contribution in [-0.2, 0) is 0 Å². The molecule has 1 aliphatic rings. The third kappa shape index (κ3) is 2.60. The van der Waals surface area contributed by atoms with E-state index in [9.17, 15) is 5.11 Å². The van der Waals surface area contributed by atoms with Crippen LogP contribution in [0.4, 0.5) is 0 Å². The third-order valence-electron chi connectivity index (χ3n) is 3.31. The Bertz CT molecular complexity index is 286. The molecule has 0 amide bonds. The Balaban J connectivity index is 1.98. The number of hydrogen-bond acceptors (Lipinski definition) is 3. The number of likely N-dealkylation sites (tertiary alicyclic amines) is 1. The molecule has 2 atom stereocenters. The van der Waals surface area contributed by atoms with Crippen molar-refractivity contribution in [2.24, 2.45) is 5.92 Å². The molecule has 0 saturated carbocycles. The molecular formula is C12H19NOS. The van der Waals surface area contributed by atoms with Crippen molar-refractivity contribution in [2.75, 3.05) is 19.7 Å². The molecule has 0 aliphatic carbocycles. The molecule has 15 heavy (non-hydrogen) atoms. The minimum absolute atomic E-state index is 0.341. The average Bonchev–Trinajstić information content (AvgIpc) is 2.81. The zero-order valence-corrected chi connectivity index (χ0v) is 10.0. The van der Waals surface area contributed by atoms with Crippen molar-refractivity contribution in [3.05, 3.63) is 22.4 Å². The second kappa shape index (κ2) is 5.10. The quantitative estimate of drug-likeness (QED) is 0.854. The van der Waals surface area contributed by atoms with E-state index < -0.39 is 0 Å². The summed E-state index contributed by atoms with van der Waals surface area (Å²) in [6.07, 6.45) is 2.41. The van der Waals surface area contributed by atoms with Crippen molar-refractivity contribution < 1.29 is 5.11 Å². The zero-order chi connectivity index (χ0) is 10.7. The number of aliphatic hydroxyl groups is 1. The molecule has 0 spiro atoms. The molecule has 2 nitrogen and oxygen atoms in total. The Morgan fingerprint density at radius 1 is 1.67 bits per heavy atom. The Morgan fingerprint density at radius 3 is 3.20 bits per heavy atom. The first-order valence-electron chi connectivity index (χ1n) is 5.69. The second-order valence-electron chi connectivity index (χ2n) is 4.38. The van der Waals surface area contributed by atoms with Gasteiger partial charge in [0.25, 0.3) is 0 Å². The summed E-state index contributed by atoms with van der Waals surface area (Å²) in [5, 5.41) is 11.3. The molecule has 1 aliphatic heterocycles. The summed E-state index contributed by atoms with van der Waals surface area (Å²) in [7, 11) is 0. The molecule has 2 heterocycles. The number of piperidine rings is 1.